The number of hydrogen-bond donors (Lipinski definition) is 1. The maximum absolute atomic E-state index is 12.4. The summed E-state index contributed by atoms with van der Waals surface area (Å²) in [4.78, 5) is 26.4. The van der Waals surface area contributed by atoms with Crippen LogP contribution in [0.15, 0.2) is 0 Å². The lowest BCUT2D eigenvalue weighted by Crippen LogP contribution is -2.53. The molecule has 4 heteroatoms. The van der Waals surface area contributed by atoms with Crippen molar-refractivity contribution in [1.29, 1.82) is 0 Å². The van der Waals surface area contributed by atoms with Gasteiger partial charge in [0.25, 0.3) is 0 Å². The summed E-state index contributed by atoms with van der Waals surface area (Å²) >= 11 is 0. The van der Waals surface area contributed by atoms with E-state index >= 15 is 0 Å². The summed E-state index contributed by atoms with van der Waals surface area (Å²) in [5.74, 6) is 0.137. The molecule has 106 valence electrons. The second-order valence-corrected chi connectivity index (χ2v) is 6.66. The number of imide groups is 1. The normalized spacial score (nSPS) is 34.5. The smallest absolute Gasteiger partial charge is 0.230 e. The van der Waals surface area contributed by atoms with E-state index in [4.69, 9.17) is 0 Å². The molecular weight excluding hydrogens is 242 g/mol. The zero-order valence-corrected chi connectivity index (χ0v) is 11.4. The van der Waals surface area contributed by atoms with Crippen molar-refractivity contribution >= 4 is 11.8 Å². The second-order valence-electron chi connectivity index (χ2n) is 6.66. The van der Waals surface area contributed by atoms with E-state index in [-0.39, 0.29) is 35.8 Å². The molecule has 4 nitrogen and oxygen atoms in total. The quantitative estimate of drug-likeness (QED) is 0.775. The monoisotopic (exact) mass is 265 g/mol. The largest absolute Gasteiger partial charge is 0.396 e. The Balaban J connectivity index is 1.77. The predicted octanol–water partition coefficient (Wildman–Crippen LogP) is 1.86. The molecule has 1 spiro atoms. The van der Waals surface area contributed by atoms with Gasteiger partial charge in [0, 0.05) is 31.4 Å². The van der Waals surface area contributed by atoms with Crippen LogP contribution in [0.1, 0.15) is 57.8 Å². The van der Waals surface area contributed by atoms with Crippen molar-refractivity contribution in [2.45, 2.75) is 63.8 Å². The summed E-state index contributed by atoms with van der Waals surface area (Å²) in [6.45, 7) is 0.0901. The van der Waals surface area contributed by atoms with Gasteiger partial charge in [-0.2, -0.15) is 0 Å². The molecule has 0 aromatic carbocycles. The molecule has 2 saturated carbocycles. The highest BCUT2D eigenvalue weighted by Crippen LogP contribution is 2.48. The minimum atomic E-state index is -0.0382. The first-order valence-corrected chi connectivity index (χ1v) is 7.61. The van der Waals surface area contributed by atoms with Gasteiger partial charge < -0.3 is 5.11 Å². The third kappa shape index (κ3) is 2.20. The number of carbonyl (C=O) groups is 2. The molecule has 0 aromatic rings. The molecular formula is C15H23NO3. The van der Waals surface area contributed by atoms with Gasteiger partial charge in [-0.1, -0.05) is 19.3 Å². The van der Waals surface area contributed by atoms with Crippen LogP contribution >= 0.6 is 0 Å². The van der Waals surface area contributed by atoms with Gasteiger partial charge in [0.05, 0.1) is 0 Å². The van der Waals surface area contributed by atoms with Crippen molar-refractivity contribution in [3.8, 4) is 0 Å². The maximum Gasteiger partial charge on any atom is 0.230 e. The first-order valence-electron chi connectivity index (χ1n) is 7.61. The summed E-state index contributed by atoms with van der Waals surface area (Å²) in [5.41, 5.74) is -0.0159. The Labute approximate surface area is 114 Å². The van der Waals surface area contributed by atoms with Crippen LogP contribution in [0, 0.1) is 11.3 Å². The van der Waals surface area contributed by atoms with Gasteiger partial charge in [0.1, 0.15) is 0 Å². The third-order valence-electron chi connectivity index (χ3n) is 5.44. The fourth-order valence-corrected chi connectivity index (χ4v) is 4.43. The van der Waals surface area contributed by atoms with Gasteiger partial charge in [0.2, 0.25) is 11.8 Å². The van der Waals surface area contributed by atoms with E-state index in [2.05, 4.69) is 0 Å². The van der Waals surface area contributed by atoms with Gasteiger partial charge in [0.15, 0.2) is 0 Å². The molecule has 3 aliphatic rings. The molecule has 0 radical (unpaired) electrons. The molecule has 1 N–H and O–H groups in total. The number of aliphatic hydroxyl groups is 1. The highest BCUT2D eigenvalue weighted by atomic mass is 16.3. The van der Waals surface area contributed by atoms with Crippen molar-refractivity contribution < 1.29 is 14.7 Å². The Hall–Kier alpha value is -0.900. The highest BCUT2D eigenvalue weighted by Gasteiger charge is 2.48. The number of rotatable bonds is 2. The molecule has 1 heterocycles. The minimum Gasteiger partial charge on any atom is -0.396 e. The van der Waals surface area contributed by atoms with E-state index in [9.17, 15) is 14.7 Å². The average molecular weight is 265 g/mol. The summed E-state index contributed by atoms with van der Waals surface area (Å²) in [7, 11) is 0. The lowest BCUT2D eigenvalue weighted by atomic mass is 9.75. The number of amides is 2. The van der Waals surface area contributed by atoms with Crippen LogP contribution in [0.25, 0.3) is 0 Å². The summed E-state index contributed by atoms with van der Waals surface area (Å²) < 4.78 is 0. The molecule has 2 unspecified atom stereocenters. The number of carbonyl (C=O) groups excluding carboxylic acids is 2. The zero-order valence-electron chi connectivity index (χ0n) is 11.4. The van der Waals surface area contributed by atoms with Crippen molar-refractivity contribution in [2.75, 3.05) is 6.61 Å². The molecule has 2 amide bonds. The van der Waals surface area contributed by atoms with E-state index in [0.717, 1.165) is 44.9 Å². The fraction of sp³-hybridized carbons (Fsp3) is 0.867. The van der Waals surface area contributed by atoms with Gasteiger partial charge >= 0.3 is 0 Å². The van der Waals surface area contributed by atoms with Crippen LogP contribution < -0.4 is 0 Å². The Bertz CT molecular complexity index is 367. The Morgan fingerprint density at radius 3 is 2.26 bits per heavy atom. The highest BCUT2D eigenvalue weighted by molar-refractivity contribution is 5.99. The topological polar surface area (TPSA) is 57.6 Å². The summed E-state index contributed by atoms with van der Waals surface area (Å²) in [6, 6.07) is -0.0382. The molecule has 2 atom stereocenters. The summed E-state index contributed by atoms with van der Waals surface area (Å²) in [6.07, 6.45) is 8.29. The van der Waals surface area contributed by atoms with Crippen LogP contribution in [0.4, 0.5) is 0 Å². The molecule has 3 fully saturated rings. The van der Waals surface area contributed by atoms with E-state index in [1.54, 1.807) is 0 Å². The van der Waals surface area contributed by atoms with Crippen molar-refractivity contribution in [1.82, 2.24) is 4.90 Å². The van der Waals surface area contributed by atoms with Gasteiger partial charge in [-0.3, -0.25) is 14.5 Å². The first-order chi connectivity index (χ1) is 9.15. The lowest BCUT2D eigenvalue weighted by Gasteiger charge is -2.41. The predicted molar refractivity (Wildman–Crippen MR) is 70.2 cm³/mol. The van der Waals surface area contributed by atoms with E-state index < -0.39 is 0 Å². The van der Waals surface area contributed by atoms with E-state index in [1.807, 2.05) is 0 Å². The number of aliphatic hydroxyl groups excluding tert-OH is 1. The molecule has 1 saturated heterocycles. The van der Waals surface area contributed by atoms with Crippen LogP contribution in [-0.4, -0.2) is 34.5 Å². The Morgan fingerprint density at radius 1 is 1.05 bits per heavy atom. The number of nitrogens with zero attached hydrogens (tertiary/aromatic N) is 1. The van der Waals surface area contributed by atoms with Crippen LogP contribution in [0.5, 0.6) is 0 Å². The fourth-order valence-electron chi connectivity index (χ4n) is 4.43. The van der Waals surface area contributed by atoms with Crippen molar-refractivity contribution in [3.05, 3.63) is 0 Å². The van der Waals surface area contributed by atoms with E-state index in [1.165, 1.54) is 4.90 Å². The molecule has 19 heavy (non-hydrogen) atoms. The molecule has 0 aromatic heterocycles. The molecule has 3 rings (SSSR count). The number of piperidine rings is 1. The third-order valence-corrected chi connectivity index (χ3v) is 5.44. The lowest BCUT2D eigenvalue weighted by molar-refractivity contribution is -0.157. The average Bonchev–Trinajstić information content (AvgIpc) is 2.98. The molecule has 0 bridgehead atoms. The van der Waals surface area contributed by atoms with E-state index in [0.29, 0.717) is 12.8 Å². The number of likely N-dealkylation sites (tertiary alicyclic amines) is 1. The van der Waals surface area contributed by atoms with Crippen molar-refractivity contribution in [3.63, 3.8) is 0 Å². The maximum atomic E-state index is 12.4. The van der Waals surface area contributed by atoms with Crippen LogP contribution in [-0.2, 0) is 9.59 Å². The second kappa shape index (κ2) is 4.89. The molecule has 2 aliphatic carbocycles. The summed E-state index contributed by atoms with van der Waals surface area (Å²) in [5, 5.41) is 9.40. The zero-order chi connectivity index (χ0) is 13.5. The minimum absolute atomic E-state index is 0.0159. The van der Waals surface area contributed by atoms with Crippen LogP contribution in [0.3, 0.4) is 0 Å². The number of hydrogen-bond acceptors (Lipinski definition) is 3. The standard InChI is InChI=1S/C15H23NO3/c17-10-11-4-3-5-12(11)16-13(18)8-15(9-14(16)19)6-1-2-7-15/h11-12,17H,1-10H2. The first kappa shape index (κ1) is 13.1. The van der Waals surface area contributed by atoms with Gasteiger partial charge in [-0.05, 0) is 31.1 Å². The van der Waals surface area contributed by atoms with Gasteiger partial charge in [-0.15, -0.1) is 0 Å². The Kier molecular flexibility index (Phi) is 3.37. The molecule has 1 aliphatic heterocycles. The van der Waals surface area contributed by atoms with Crippen LogP contribution in [0.2, 0.25) is 0 Å². The van der Waals surface area contributed by atoms with Gasteiger partial charge in [-0.25, -0.2) is 0 Å². The van der Waals surface area contributed by atoms with Crippen molar-refractivity contribution in [2.24, 2.45) is 11.3 Å². The Morgan fingerprint density at radius 2 is 1.68 bits per heavy atom. The SMILES string of the molecule is O=C1CC2(CCCC2)CC(=O)N1C1CCCC1CO.